The van der Waals surface area contributed by atoms with Gasteiger partial charge >= 0.3 is 5.97 Å². The number of rotatable bonds is 5. The molecule has 0 amide bonds. The van der Waals surface area contributed by atoms with Crippen molar-refractivity contribution in [2.24, 2.45) is 0 Å². The van der Waals surface area contributed by atoms with Crippen LogP contribution in [0.1, 0.15) is 43.7 Å². The van der Waals surface area contributed by atoms with Gasteiger partial charge in [0.25, 0.3) is 0 Å². The zero-order chi connectivity index (χ0) is 16.2. The zero-order valence-electron chi connectivity index (χ0n) is 14.1. The first-order chi connectivity index (χ1) is 11.3. The zero-order valence-corrected chi connectivity index (χ0v) is 15.7. The van der Waals surface area contributed by atoms with Crippen LogP contribution in [0.2, 0.25) is 0 Å². The number of aromatic amines is 1. The van der Waals surface area contributed by atoms with Crippen LogP contribution >= 0.6 is 24.8 Å². The molecular formula is C17H22Cl2N4O2. The molecule has 8 heteroatoms. The number of fused-ring (bicyclic) bond motifs is 1. The average molecular weight is 385 g/mol. The second-order valence-electron chi connectivity index (χ2n) is 5.40. The molecule has 1 aliphatic rings. The van der Waals surface area contributed by atoms with Crippen LogP contribution in [0.15, 0.2) is 42.0 Å². The highest BCUT2D eigenvalue weighted by molar-refractivity contribution is 5.94. The summed E-state index contributed by atoms with van der Waals surface area (Å²) < 4.78 is 5.32. The van der Waals surface area contributed by atoms with Crippen molar-refractivity contribution in [1.29, 1.82) is 0 Å². The number of ether oxygens (including phenoxy) is 1. The number of halogens is 2. The van der Waals surface area contributed by atoms with Gasteiger partial charge in [0.2, 0.25) is 0 Å². The normalized spacial score (nSPS) is 15.4. The smallest absolute Gasteiger partial charge is 0.336 e. The fourth-order valence-electron chi connectivity index (χ4n) is 2.96. The van der Waals surface area contributed by atoms with Gasteiger partial charge in [-0.2, -0.15) is 5.10 Å². The number of H-pyrrole nitrogens is 1. The van der Waals surface area contributed by atoms with Gasteiger partial charge in [0.15, 0.2) is 0 Å². The molecule has 2 N–H and O–H groups in total. The molecule has 0 spiro atoms. The number of carbonyl (C=O) groups is 1. The van der Waals surface area contributed by atoms with Crippen LogP contribution in [0, 0.1) is 0 Å². The number of nitrogens with zero attached hydrogens (tertiary/aromatic N) is 2. The summed E-state index contributed by atoms with van der Waals surface area (Å²) in [7, 11) is 0. The van der Waals surface area contributed by atoms with Gasteiger partial charge in [-0.1, -0.05) is 13.3 Å². The lowest BCUT2D eigenvalue weighted by atomic mass is 9.82. The Morgan fingerprint density at radius 3 is 2.60 bits per heavy atom. The first kappa shape index (κ1) is 21.0. The molecule has 1 unspecified atom stereocenters. The second kappa shape index (κ2) is 9.44. The van der Waals surface area contributed by atoms with Crippen LogP contribution < -0.4 is 5.32 Å². The highest BCUT2D eigenvalue weighted by Gasteiger charge is 2.35. The van der Waals surface area contributed by atoms with Crippen LogP contribution in [-0.2, 0) is 9.53 Å². The summed E-state index contributed by atoms with van der Waals surface area (Å²) in [5, 5.41) is 10.4. The number of nitrogens with one attached hydrogen (secondary N) is 2. The predicted molar refractivity (Wildman–Crippen MR) is 101 cm³/mol. The van der Waals surface area contributed by atoms with Crippen molar-refractivity contribution >= 4 is 36.6 Å². The van der Waals surface area contributed by atoms with E-state index in [1.807, 2.05) is 19.1 Å². The Labute approximate surface area is 159 Å². The molecule has 0 fully saturated rings. The Bertz CT molecular complexity index is 731. The van der Waals surface area contributed by atoms with Crippen molar-refractivity contribution in [3.05, 3.63) is 53.1 Å². The van der Waals surface area contributed by atoms with E-state index in [2.05, 4.69) is 27.4 Å². The highest BCUT2D eigenvalue weighted by atomic mass is 35.5. The fourth-order valence-corrected chi connectivity index (χ4v) is 2.96. The Balaban J connectivity index is 0.00000156. The molecule has 6 nitrogen and oxygen atoms in total. The Kier molecular flexibility index (Phi) is 7.93. The number of aromatic nitrogens is 3. The minimum absolute atomic E-state index is 0. The number of pyridine rings is 1. The molecule has 2 aromatic rings. The van der Waals surface area contributed by atoms with E-state index in [4.69, 9.17) is 4.74 Å². The van der Waals surface area contributed by atoms with Crippen molar-refractivity contribution in [2.45, 2.75) is 32.6 Å². The summed E-state index contributed by atoms with van der Waals surface area (Å²) in [6.07, 6.45) is 6.93. The van der Waals surface area contributed by atoms with E-state index in [0.717, 1.165) is 35.5 Å². The summed E-state index contributed by atoms with van der Waals surface area (Å²) in [5.41, 5.74) is 3.50. The number of anilines is 1. The fraction of sp³-hybridized carbons (Fsp3) is 0.353. The number of hydrogen-bond acceptors (Lipinski definition) is 5. The van der Waals surface area contributed by atoms with E-state index in [0.29, 0.717) is 12.2 Å². The maximum absolute atomic E-state index is 12.6. The molecule has 0 radical (unpaired) electrons. The second-order valence-corrected chi connectivity index (χ2v) is 5.40. The van der Waals surface area contributed by atoms with Crippen molar-refractivity contribution in [1.82, 2.24) is 15.2 Å². The third-order valence-electron chi connectivity index (χ3n) is 3.90. The first-order valence-corrected chi connectivity index (χ1v) is 7.86. The van der Waals surface area contributed by atoms with Crippen LogP contribution in [0.4, 0.5) is 5.82 Å². The van der Waals surface area contributed by atoms with Crippen LogP contribution in [-0.4, -0.2) is 27.8 Å². The van der Waals surface area contributed by atoms with Crippen LogP contribution in [0.3, 0.4) is 0 Å². The van der Waals surface area contributed by atoms with E-state index in [1.54, 1.807) is 18.6 Å². The molecule has 136 valence electrons. The Morgan fingerprint density at radius 1 is 1.24 bits per heavy atom. The number of carbonyl (C=O) groups excluding carboxylic acids is 1. The highest BCUT2D eigenvalue weighted by Crippen LogP contribution is 2.42. The predicted octanol–water partition coefficient (Wildman–Crippen LogP) is 3.82. The summed E-state index contributed by atoms with van der Waals surface area (Å²) in [4.78, 5) is 16.7. The lowest BCUT2D eigenvalue weighted by Gasteiger charge is -2.28. The van der Waals surface area contributed by atoms with Crippen molar-refractivity contribution in [2.75, 3.05) is 11.9 Å². The molecular weight excluding hydrogens is 363 g/mol. The molecule has 2 aromatic heterocycles. The molecule has 3 rings (SSSR count). The maximum atomic E-state index is 12.6. The summed E-state index contributed by atoms with van der Waals surface area (Å²) in [5.74, 6) is 0.356. The molecule has 0 bridgehead atoms. The quantitative estimate of drug-likeness (QED) is 0.765. The minimum atomic E-state index is -0.280. The monoisotopic (exact) mass is 384 g/mol. The lowest BCUT2D eigenvalue weighted by Crippen LogP contribution is -2.25. The molecule has 25 heavy (non-hydrogen) atoms. The van der Waals surface area contributed by atoms with Crippen LogP contribution in [0.5, 0.6) is 0 Å². The summed E-state index contributed by atoms with van der Waals surface area (Å²) in [6.45, 7) is 4.25. The average Bonchev–Trinajstić information content (AvgIpc) is 3.03. The Morgan fingerprint density at radius 2 is 1.96 bits per heavy atom. The van der Waals surface area contributed by atoms with Gasteiger partial charge in [-0.25, -0.2) is 4.79 Å². The van der Waals surface area contributed by atoms with Gasteiger partial charge < -0.3 is 10.1 Å². The van der Waals surface area contributed by atoms with Gasteiger partial charge in [0.05, 0.1) is 18.4 Å². The van der Waals surface area contributed by atoms with E-state index in [1.165, 1.54) is 0 Å². The molecule has 1 atom stereocenters. The van der Waals surface area contributed by atoms with E-state index >= 15 is 0 Å². The SMILES string of the molecule is CCCC1=C(C(=O)OCC)C(c2ccncc2)c2cn[nH]c2N1.Cl.Cl. The van der Waals surface area contributed by atoms with Gasteiger partial charge in [0.1, 0.15) is 5.82 Å². The van der Waals surface area contributed by atoms with E-state index in [-0.39, 0.29) is 36.7 Å². The standard InChI is InChI=1S/C17H20N4O2.2ClH/c1-3-5-13-15(17(22)23-4-2)14(11-6-8-18-9-7-11)12-10-19-21-16(12)20-13;;/h6-10,14H,3-5H2,1-2H3,(H2,19,20,21);2*1H. The van der Waals surface area contributed by atoms with Crippen molar-refractivity contribution < 1.29 is 9.53 Å². The molecule has 3 heterocycles. The molecule has 0 aliphatic carbocycles. The third kappa shape index (κ3) is 4.14. The van der Waals surface area contributed by atoms with Crippen molar-refractivity contribution in [3.63, 3.8) is 0 Å². The molecule has 0 saturated carbocycles. The molecule has 1 aliphatic heterocycles. The number of hydrogen-bond donors (Lipinski definition) is 2. The minimum Gasteiger partial charge on any atom is -0.463 e. The third-order valence-corrected chi connectivity index (χ3v) is 3.90. The van der Waals surface area contributed by atoms with Gasteiger partial charge in [-0.3, -0.25) is 10.1 Å². The topological polar surface area (TPSA) is 79.9 Å². The van der Waals surface area contributed by atoms with Gasteiger partial charge in [-0.15, -0.1) is 24.8 Å². The first-order valence-electron chi connectivity index (χ1n) is 7.86. The largest absolute Gasteiger partial charge is 0.463 e. The van der Waals surface area contributed by atoms with Crippen LogP contribution in [0.25, 0.3) is 0 Å². The maximum Gasteiger partial charge on any atom is 0.336 e. The summed E-state index contributed by atoms with van der Waals surface area (Å²) in [6, 6.07) is 3.85. The lowest BCUT2D eigenvalue weighted by molar-refractivity contribution is -0.138. The van der Waals surface area contributed by atoms with E-state index in [9.17, 15) is 4.79 Å². The molecule has 0 aromatic carbocycles. The summed E-state index contributed by atoms with van der Waals surface area (Å²) >= 11 is 0. The number of esters is 1. The van der Waals surface area contributed by atoms with Gasteiger partial charge in [0, 0.05) is 29.6 Å². The van der Waals surface area contributed by atoms with Crippen molar-refractivity contribution in [3.8, 4) is 0 Å². The number of allylic oxidation sites excluding steroid dienone is 1. The Hall–Kier alpha value is -2.05. The molecule has 0 saturated heterocycles. The van der Waals surface area contributed by atoms with Gasteiger partial charge in [-0.05, 0) is 31.0 Å². The van der Waals surface area contributed by atoms with E-state index < -0.39 is 0 Å².